The third-order valence-corrected chi connectivity index (χ3v) is 2.88. The molecule has 0 unspecified atom stereocenters. The predicted molar refractivity (Wildman–Crippen MR) is 52.2 cm³/mol. The number of esters is 1. The molecule has 1 N–H and O–H groups in total. The lowest BCUT2D eigenvalue weighted by molar-refractivity contribution is -0.164. The first-order chi connectivity index (χ1) is 6.94. The number of hydrogen-bond donors (Lipinski definition) is 1. The van der Waals surface area contributed by atoms with Gasteiger partial charge in [0.2, 0.25) is 0 Å². The van der Waals surface area contributed by atoms with E-state index < -0.39 is 11.8 Å². The molecule has 0 saturated carbocycles. The van der Waals surface area contributed by atoms with Gasteiger partial charge in [0.05, 0.1) is 7.11 Å². The average molecular weight is 215 g/mol. The second kappa shape index (κ2) is 3.43. The molecule has 2 heterocycles. The van der Waals surface area contributed by atoms with Gasteiger partial charge in [-0.15, -0.1) is 0 Å². The minimum atomic E-state index is -0.613. The van der Waals surface area contributed by atoms with Crippen LogP contribution in [0.4, 0.5) is 0 Å². The molecular weight excluding hydrogens is 198 g/mol. The van der Waals surface area contributed by atoms with Crippen LogP contribution >= 0.6 is 0 Å². The van der Waals surface area contributed by atoms with E-state index in [4.69, 9.17) is 14.2 Å². The van der Waals surface area contributed by atoms with Gasteiger partial charge >= 0.3 is 5.97 Å². The van der Waals surface area contributed by atoms with Gasteiger partial charge in [0.15, 0.2) is 5.79 Å². The van der Waals surface area contributed by atoms with Crippen LogP contribution in [0.2, 0.25) is 0 Å². The predicted octanol–water partition coefficient (Wildman–Crippen LogP) is 0.0398. The molecule has 0 aromatic heterocycles. The molecule has 0 bridgehead atoms. The van der Waals surface area contributed by atoms with E-state index in [1.165, 1.54) is 7.11 Å². The molecule has 86 valence electrons. The zero-order chi connectivity index (χ0) is 11.2. The van der Waals surface area contributed by atoms with Crippen LogP contribution in [0.25, 0.3) is 0 Å². The summed E-state index contributed by atoms with van der Waals surface area (Å²) in [5, 5.41) is 3.12. The Kier molecular flexibility index (Phi) is 2.48. The largest absolute Gasteiger partial charge is 0.468 e. The summed E-state index contributed by atoms with van der Waals surface area (Å²) < 4.78 is 16.1. The first-order valence-electron chi connectivity index (χ1n) is 5.14. The Labute approximate surface area is 89.1 Å². The molecule has 0 aromatic carbocycles. The van der Waals surface area contributed by atoms with Crippen molar-refractivity contribution in [2.24, 2.45) is 0 Å². The number of methoxy groups -OCH3 is 1. The van der Waals surface area contributed by atoms with Crippen molar-refractivity contribution in [3.05, 3.63) is 0 Å². The normalized spacial score (nSPS) is 42.7. The van der Waals surface area contributed by atoms with Gasteiger partial charge in [0.1, 0.15) is 18.2 Å². The topological polar surface area (TPSA) is 56.8 Å². The Morgan fingerprint density at radius 1 is 1.33 bits per heavy atom. The molecule has 2 saturated heterocycles. The van der Waals surface area contributed by atoms with E-state index in [0.717, 1.165) is 0 Å². The van der Waals surface area contributed by atoms with Gasteiger partial charge in [-0.05, 0) is 20.8 Å². The number of nitrogens with one attached hydrogen (secondary N) is 1. The van der Waals surface area contributed by atoms with Crippen molar-refractivity contribution in [2.75, 3.05) is 7.11 Å². The van der Waals surface area contributed by atoms with Crippen LogP contribution in [0.15, 0.2) is 0 Å². The highest BCUT2D eigenvalue weighted by Gasteiger charge is 2.55. The lowest BCUT2D eigenvalue weighted by Gasteiger charge is -2.22. The van der Waals surface area contributed by atoms with Crippen LogP contribution in [0.5, 0.6) is 0 Å². The molecule has 4 atom stereocenters. The van der Waals surface area contributed by atoms with Crippen LogP contribution in [0, 0.1) is 0 Å². The molecule has 5 heteroatoms. The molecular formula is C10H17NO4. The van der Waals surface area contributed by atoms with Crippen molar-refractivity contribution < 1.29 is 19.0 Å². The van der Waals surface area contributed by atoms with Crippen molar-refractivity contribution in [2.45, 2.75) is 50.8 Å². The molecule has 15 heavy (non-hydrogen) atoms. The Morgan fingerprint density at radius 2 is 1.93 bits per heavy atom. The van der Waals surface area contributed by atoms with E-state index in [-0.39, 0.29) is 24.2 Å². The standard InChI is InChI=1S/C10H17NO4/c1-5-7-8(15-10(2,3)14-7)6(11-5)9(12)13-4/h5-8,11H,1-4H3/t5-,6-,7-,8+/m1/s1. The third-order valence-electron chi connectivity index (χ3n) is 2.88. The smallest absolute Gasteiger partial charge is 0.325 e. The summed E-state index contributed by atoms with van der Waals surface area (Å²) in [5.41, 5.74) is 0. The Balaban J connectivity index is 2.16. The van der Waals surface area contributed by atoms with E-state index in [9.17, 15) is 4.79 Å². The number of carbonyl (C=O) groups excluding carboxylic acids is 1. The molecule has 5 nitrogen and oxygen atoms in total. The fourth-order valence-corrected chi connectivity index (χ4v) is 2.26. The molecule has 2 rings (SSSR count). The van der Waals surface area contributed by atoms with Crippen LogP contribution in [0.1, 0.15) is 20.8 Å². The van der Waals surface area contributed by atoms with Crippen molar-refractivity contribution in [3.8, 4) is 0 Å². The number of ether oxygens (including phenoxy) is 3. The number of rotatable bonds is 1. The minimum Gasteiger partial charge on any atom is -0.468 e. The quantitative estimate of drug-likeness (QED) is 0.626. The Hall–Kier alpha value is -0.650. The maximum atomic E-state index is 11.5. The number of carbonyl (C=O) groups is 1. The minimum absolute atomic E-state index is 0.0795. The maximum Gasteiger partial charge on any atom is 0.325 e. The second-order valence-electron chi connectivity index (χ2n) is 4.52. The van der Waals surface area contributed by atoms with Crippen molar-refractivity contribution in [1.82, 2.24) is 5.32 Å². The molecule has 0 aliphatic carbocycles. The SMILES string of the molecule is COC(=O)[C@@H]1N[C@H](C)[C@H]2OC(C)(C)O[C@H]21. The van der Waals surface area contributed by atoms with Crippen molar-refractivity contribution >= 4 is 5.97 Å². The molecule has 0 spiro atoms. The first-order valence-corrected chi connectivity index (χ1v) is 5.14. The molecule has 2 aliphatic rings. The lowest BCUT2D eigenvalue weighted by atomic mass is 10.1. The van der Waals surface area contributed by atoms with Crippen molar-refractivity contribution in [3.63, 3.8) is 0 Å². The Morgan fingerprint density at radius 3 is 2.53 bits per heavy atom. The second-order valence-corrected chi connectivity index (χ2v) is 4.52. The number of hydrogen-bond acceptors (Lipinski definition) is 5. The fraction of sp³-hybridized carbons (Fsp3) is 0.900. The molecule has 0 aromatic rings. The first kappa shape index (κ1) is 10.9. The molecule has 2 aliphatic heterocycles. The molecule has 0 radical (unpaired) electrons. The van der Waals surface area contributed by atoms with Gasteiger partial charge in [-0.3, -0.25) is 10.1 Å². The van der Waals surface area contributed by atoms with Gasteiger partial charge in [-0.2, -0.15) is 0 Å². The molecule has 2 fully saturated rings. The Bertz CT molecular complexity index is 279. The van der Waals surface area contributed by atoms with Crippen LogP contribution in [-0.4, -0.2) is 43.2 Å². The highest BCUT2D eigenvalue weighted by molar-refractivity contribution is 5.77. The van der Waals surface area contributed by atoms with E-state index >= 15 is 0 Å². The van der Waals surface area contributed by atoms with Gasteiger partial charge in [0, 0.05) is 6.04 Å². The van der Waals surface area contributed by atoms with Gasteiger partial charge in [-0.1, -0.05) is 0 Å². The van der Waals surface area contributed by atoms with Gasteiger partial charge in [0.25, 0.3) is 0 Å². The summed E-state index contributed by atoms with van der Waals surface area (Å²) in [6.07, 6.45) is -0.327. The van der Waals surface area contributed by atoms with Crippen LogP contribution in [0.3, 0.4) is 0 Å². The summed E-state index contributed by atoms with van der Waals surface area (Å²) in [4.78, 5) is 11.5. The van der Waals surface area contributed by atoms with Gasteiger partial charge < -0.3 is 14.2 Å². The van der Waals surface area contributed by atoms with Crippen LogP contribution < -0.4 is 5.32 Å². The summed E-state index contributed by atoms with van der Waals surface area (Å²) in [5.74, 6) is -0.909. The van der Waals surface area contributed by atoms with E-state index in [1.807, 2.05) is 20.8 Å². The van der Waals surface area contributed by atoms with E-state index in [0.29, 0.717) is 0 Å². The van der Waals surface area contributed by atoms with E-state index in [1.54, 1.807) is 0 Å². The lowest BCUT2D eigenvalue weighted by Crippen LogP contribution is -2.43. The summed E-state index contributed by atoms with van der Waals surface area (Å²) >= 11 is 0. The fourth-order valence-electron chi connectivity index (χ4n) is 2.26. The highest BCUT2D eigenvalue weighted by Crippen LogP contribution is 2.35. The average Bonchev–Trinajstić information content (AvgIpc) is 2.61. The monoisotopic (exact) mass is 215 g/mol. The van der Waals surface area contributed by atoms with Crippen molar-refractivity contribution in [1.29, 1.82) is 0 Å². The highest BCUT2D eigenvalue weighted by atomic mass is 16.8. The summed E-state index contributed by atoms with van der Waals surface area (Å²) in [7, 11) is 1.38. The zero-order valence-corrected chi connectivity index (χ0v) is 9.44. The molecule has 0 amide bonds. The number of fused-ring (bicyclic) bond motifs is 1. The van der Waals surface area contributed by atoms with Gasteiger partial charge in [-0.25, -0.2) is 0 Å². The van der Waals surface area contributed by atoms with Crippen LogP contribution in [-0.2, 0) is 19.0 Å². The summed E-state index contributed by atoms with van der Waals surface area (Å²) in [6.45, 7) is 5.68. The zero-order valence-electron chi connectivity index (χ0n) is 9.44. The van der Waals surface area contributed by atoms with E-state index in [2.05, 4.69) is 5.32 Å². The maximum absolute atomic E-state index is 11.5. The third kappa shape index (κ3) is 1.75. The summed E-state index contributed by atoms with van der Waals surface area (Å²) in [6, 6.07) is -0.322.